The van der Waals surface area contributed by atoms with Gasteiger partial charge in [-0.3, -0.25) is 4.90 Å². The summed E-state index contributed by atoms with van der Waals surface area (Å²) in [5, 5.41) is 0. The quantitative estimate of drug-likeness (QED) is 0.860. The molecule has 94 valence electrons. The molecular weight excluding hydrogens is 226 g/mol. The fourth-order valence-corrected chi connectivity index (χ4v) is 2.01. The Kier molecular flexibility index (Phi) is 3.73. The molecule has 0 amide bonds. The van der Waals surface area contributed by atoms with E-state index in [1.807, 2.05) is 4.90 Å². The molecule has 6 heteroatoms. The third kappa shape index (κ3) is 3.03. The minimum absolute atomic E-state index is 0.147. The number of rotatable bonds is 3. The fraction of sp³-hybridized carbons (Fsp3) is 0.545. The summed E-state index contributed by atoms with van der Waals surface area (Å²) in [7, 11) is 0. The second-order valence-electron chi connectivity index (χ2n) is 4.09. The number of pyridine rings is 1. The lowest BCUT2D eigenvalue weighted by Gasteiger charge is -2.35. The van der Waals surface area contributed by atoms with Crippen molar-refractivity contribution in [2.24, 2.45) is 0 Å². The Bertz CT molecular complexity index is 364. The molecule has 2 heterocycles. The molecule has 1 aliphatic heterocycles. The third-order valence-electron chi connectivity index (χ3n) is 2.88. The van der Waals surface area contributed by atoms with Crippen molar-refractivity contribution in [2.45, 2.75) is 6.43 Å². The van der Waals surface area contributed by atoms with E-state index in [-0.39, 0.29) is 6.54 Å². The number of hydrogen-bond donors (Lipinski definition) is 1. The smallest absolute Gasteiger partial charge is 0.251 e. The number of nitrogen functional groups attached to an aromatic ring is 1. The molecule has 0 bridgehead atoms. The molecule has 0 radical (unpaired) electrons. The van der Waals surface area contributed by atoms with Gasteiger partial charge in [-0.2, -0.15) is 0 Å². The van der Waals surface area contributed by atoms with Crippen LogP contribution in [-0.2, 0) is 0 Å². The highest BCUT2D eigenvalue weighted by Gasteiger charge is 2.21. The van der Waals surface area contributed by atoms with Gasteiger partial charge in [-0.15, -0.1) is 0 Å². The normalized spacial score (nSPS) is 17.7. The Balaban J connectivity index is 1.93. The van der Waals surface area contributed by atoms with Gasteiger partial charge in [0.25, 0.3) is 6.43 Å². The molecule has 0 spiro atoms. The van der Waals surface area contributed by atoms with E-state index in [1.54, 1.807) is 23.2 Å². The van der Waals surface area contributed by atoms with Crippen LogP contribution in [0, 0.1) is 0 Å². The van der Waals surface area contributed by atoms with Crippen molar-refractivity contribution in [2.75, 3.05) is 43.4 Å². The van der Waals surface area contributed by atoms with E-state index in [0.29, 0.717) is 31.9 Å². The van der Waals surface area contributed by atoms with Crippen molar-refractivity contribution in [3.63, 3.8) is 0 Å². The highest BCUT2D eigenvalue weighted by atomic mass is 19.3. The van der Waals surface area contributed by atoms with Crippen LogP contribution < -0.4 is 10.6 Å². The molecule has 0 aliphatic carbocycles. The van der Waals surface area contributed by atoms with Crippen LogP contribution >= 0.6 is 0 Å². The lowest BCUT2D eigenvalue weighted by molar-refractivity contribution is 0.0854. The number of aromatic nitrogens is 1. The van der Waals surface area contributed by atoms with Crippen LogP contribution in [0.15, 0.2) is 18.3 Å². The lowest BCUT2D eigenvalue weighted by atomic mass is 10.3. The molecule has 4 nitrogen and oxygen atoms in total. The first-order valence-corrected chi connectivity index (χ1v) is 5.63. The average molecular weight is 242 g/mol. The van der Waals surface area contributed by atoms with Gasteiger partial charge in [-0.25, -0.2) is 13.8 Å². The minimum atomic E-state index is -2.26. The highest BCUT2D eigenvalue weighted by molar-refractivity contribution is 5.62. The molecule has 0 aromatic carbocycles. The number of nitrogens with two attached hydrogens (primary N) is 1. The van der Waals surface area contributed by atoms with Gasteiger partial charge in [0.05, 0.1) is 12.2 Å². The van der Waals surface area contributed by atoms with E-state index in [9.17, 15) is 8.78 Å². The molecular formula is C11H16F2N4. The van der Waals surface area contributed by atoms with Crippen LogP contribution in [-0.4, -0.2) is 49.0 Å². The van der Waals surface area contributed by atoms with E-state index < -0.39 is 6.43 Å². The van der Waals surface area contributed by atoms with Gasteiger partial charge in [0.2, 0.25) is 0 Å². The maximum absolute atomic E-state index is 12.2. The predicted octanol–water partition coefficient (Wildman–Crippen LogP) is 1.05. The maximum Gasteiger partial charge on any atom is 0.251 e. The molecule has 1 aliphatic rings. The van der Waals surface area contributed by atoms with Crippen molar-refractivity contribution in [1.82, 2.24) is 9.88 Å². The van der Waals surface area contributed by atoms with Crippen LogP contribution in [0.2, 0.25) is 0 Å². The average Bonchev–Trinajstić information content (AvgIpc) is 2.30. The third-order valence-corrected chi connectivity index (χ3v) is 2.88. The van der Waals surface area contributed by atoms with E-state index in [1.165, 1.54) is 0 Å². The fourth-order valence-electron chi connectivity index (χ4n) is 2.01. The van der Waals surface area contributed by atoms with Gasteiger partial charge in [0, 0.05) is 32.4 Å². The molecule has 1 saturated heterocycles. The molecule has 1 aromatic heterocycles. The highest BCUT2D eigenvalue weighted by Crippen LogP contribution is 2.20. The van der Waals surface area contributed by atoms with E-state index in [4.69, 9.17) is 5.73 Å². The Hall–Kier alpha value is -1.43. The largest absolute Gasteiger partial charge is 0.396 e. The molecule has 1 aromatic rings. The Morgan fingerprint density at radius 3 is 2.59 bits per heavy atom. The molecule has 2 rings (SSSR count). The summed E-state index contributed by atoms with van der Waals surface area (Å²) in [6, 6.07) is 3.58. The Morgan fingerprint density at radius 1 is 1.29 bits per heavy atom. The zero-order chi connectivity index (χ0) is 12.3. The predicted molar refractivity (Wildman–Crippen MR) is 63.3 cm³/mol. The summed E-state index contributed by atoms with van der Waals surface area (Å²) in [6.07, 6.45) is -0.571. The van der Waals surface area contributed by atoms with Gasteiger partial charge in [0.1, 0.15) is 0 Å². The molecule has 2 N–H and O–H groups in total. The van der Waals surface area contributed by atoms with E-state index in [2.05, 4.69) is 4.98 Å². The monoisotopic (exact) mass is 242 g/mol. The molecule has 17 heavy (non-hydrogen) atoms. The zero-order valence-corrected chi connectivity index (χ0v) is 9.52. The summed E-state index contributed by atoms with van der Waals surface area (Å²) in [4.78, 5) is 8.03. The summed E-state index contributed by atoms with van der Waals surface area (Å²) >= 11 is 0. The molecule has 0 unspecified atom stereocenters. The first-order chi connectivity index (χ1) is 8.16. The number of nitrogens with zero attached hydrogens (tertiary/aromatic N) is 3. The van der Waals surface area contributed by atoms with Gasteiger partial charge < -0.3 is 10.6 Å². The van der Waals surface area contributed by atoms with Crippen molar-refractivity contribution in [3.05, 3.63) is 18.3 Å². The Labute approximate surface area is 99.0 Å². The number of alkyl halides is 2. The summed E-state index contributed by atoms with van der Waals surface area (Å²) in [5.74, 6) is 0.754. The van der Waals surface area contributed by atoms with Crippen molar-refractivity contribution < 1.29 is 8.78 Å². The van der Waals surface area contributed by atoms with Gasteiger partial charge in [-0.05, 0) is 12.1 Å². The topological polar surface area (TPSA) is 45.4 Å². The molecule has 1 fully saturated rings. The number of anilines is 2. The van der Waals surface area contributed by atoms with Gasteiger partial charge in [0.15, 0.2) is 5.82 Å². The number of halogens is 2. The van der Waals surface area contributed by atoms with E-state index >= 15 is 0 Å². The summed E-state index contributed by atoms with van der Waals surface area (Å²) < 4.78 is 24.4. The summed E-state index contributed by atoms with van der Waals surface area (Å²) in [6.45, 7) is 2.48. The van der Waals surface area contributed by atoms with Crippen molar-refractivity contribution in [3.8, 4) is 0 Å². The Morgan fingerprint density at radius 2 is 2.00 bits per heavy atom. The van der Waals surface area contributed by atoms with Crippen LogP contribution in [0.1, 0.15) is 0 Å². The first-order valence-electron chi connectivity index (χ1n) is 5.63. The van der Waals surface area contributed by atoms with Crippen LogP contribution in [0.3, 0.4) is 0 Å². The zero-order valence-electron chi connectivity index (χ0n) is 9.52. The second-order valence-corrected chi connectivity index (χ2v) is 4.09. The van der Waals surface area contributed by atoms with Crippen molar-refractivity contribution in [1.29, 1.82) is 0 Å². The van der Waals surface area contributed by atoms with E-state index in [0.717, 1.165) is 5.82 Å². The lowest BCUT2D eigenvalue weighted by Crippen LogP contribution is -2.48. The minimum Gasteiger partial charge on any atom is -0.396 e. The van der Waals surface area contributed by atoms with Crippen LogP contribution in [0.4, 0.5) is 20.3 Å². The standard InChI is InChI=1S/C11H16F2N4/c12-10(13)8-16-4-6-17(7-5-16)11-9(14)2-1-3-15-11/h1-3,10H,4-8,14H2. The van der Waals surface area contributed by atoms with Crippen LogP contribution in [0.5, 0.6) is 0 Å². The molecule has 0 saturated carbocycles. The molecule has 0 atom stereocenters. The summed E-state index contributed by atoms with van der Waals surface area (Å²) in [5.41, 5.74) is 6.46. The van der Waals surface area contributed by atoms with Gasteiger partial charge in [-0.1, -0.05) is 0 Å². The number of hydrogen-bond acceptors (Lipinski definition) is 4. The van der Waals surface area contributed by atoms with Crippen LogP contribution in [0.25, 0.3) is 0 Å². The van der Waals surface area contributed by atoms with Gasteiger partial charge >= 0.3 is 0 Å². The SMILES string of the molecule is Nc1cccnc1N1CCN(CC(F)F)CC1. The second kappa shape index (κ2) is 5.27. The number of piperazine rings is 1. The maximum atomic E-state index is 12.2. The first kappa shape index (κ1) is 12.0. The van der Waals surface area contributed by atoms with Crippen molar-refractivity contribution >= 4 is 11.5 Å².